The van der Waals surface area contributed by atoms with E-state index in [2.05, 4.69) is 19.1 Å². The van der Waals surface area contributed by atoms with Gasteiger partial charge < -0.3 is 14.9 Å². The molecule has 2 aromatic rings. The topological polar surface area (TPSA) is 48.4 Å². The van der Waals surface area contributed by atoms with Gasteiger partial charge in [0.05, 0.1) is 0 Å². The molecule has 0 unspecified atom stereocenters. The van der Waals surface area contributed by atoms with E-state index >= 15 is 0 Å². The van der Waals surface area contributed by atoms with Crippen molar-refractivity contribution in [3.8, 4) is 11.3 Å². The third-order valence-corrected chi connectivity index (χ3v) is 2.81. The number of nitrogens with two attached hydrogens (primary N) is 1. The Balaban J connectivity index is 2.00. The smallest absolute Gasteiger partial charge is 0.134 e. The van der Waals surface area contributed by atoms with Crippen LogP contribution >= 0.6 is 0 Å². The van der Waals surface area contributed by atoms with Crippen molar-refractivity contribution < 1.29 is 9.15 Å². The second-order valence-electron chi connectivity index (χ2n) is 4.28. The lowest BCUT2D eigenvalue weighted by Crippen LogP contribution is -2.03. The van der Waals surface area contributed by atoms with Crippen molar-refractivity contribution in [3.63, 3.8) is 0 Å². The predicted molar refractivity (Wildman–Crippen MR) is 72.2 cm³/mol. The summed E-state index contributed by atoms with van der Waals surface area (Å²) in [7, 11) is 0. The Morgan fingerprint density at radius 3 is 2.78 bits per heavy atom. The molecule has 0 amide bonds. The molecule has 2 N–H and O–H groups in total. The van der Waals surface area contributed by atoms with Crippen LogP contribution in [-0.4, -0.2) is 13.2 Å². The first-order valence-corrected chi connectivity index (χ1v) is 6.24. The van der Waals surface area contributed by atoms with Crippen LogP contribution in [0.1, 0.15) is 17.7 Å². The molecule has 0 aliphatic carbocycles. The maximum Gasteiger partial charge on any atom is 0.134 e. The van der Waals surface area contributed by atoms with E-state index in [1.807, 2.05) is 24.3 Å². The molecular formula is C15H19NO2. The summed E-state index contributed by atoms with van der Waals surface area (Å²) in [4.78, 5) is 0. The molecule has 1 heterocycles. The van der Waals surface area contributed by atoms with E-state index in [1.165, 1.54) is 5.56 Å². The number of hydrogen-bond donors (Lipinski definition) is 1. The van der Waals surface area contributed by atoms with Gasteiger partial charge >= 0.3 is 0 Å². The number of furan rings is 1. The Bertz CT molecular complexity index is 491. The Labute approximate surface area is 108 Å². The summed E-state index contributed by atoms with van der Waals surface area (Å²) in [5, 5.41) is 0. The molecule has 96 valence electrons. The molecule has 0 atom stereocenters. The fourth-order valence-electron chi connectivity index (χ4n) is 1.81. The minimum Gasteiger partial charge on any atom is -0.459 e. The molecule has 18 heavy (non-hydrogen) atoms. The van der Waals surface area contributed by atoms with Crippen molar-refractivity contribution in [2.75, 3.05) is 13.2 Å². The van der Waals surface area contributed by atoms with Crippen LogP contribution in [0.5, 0.6) is 0 Å². The first-order valence-electron chi connectivity index (χ1n) is 6.24. The molecule has 0 bridgehead atoms. The number of aryl methyl sites for hydroxylation is 1. The summed E-state index contributed by atoms with van der Waals surface area (Å²) in [6.45, 7) is 3.92. The van der Waals surface area contributed by atoms with Gasteiger partial charge in [0.15, 0.2) is 0 Å². The second-order valence-corrected chi connectivity index (χ2v) is 4.28. The number of rotatable bonds is 6. The number of benzene rings is 1. The summed E-state index contributed by atoms with van der Waals surface area (Å²) in [5.74, 6) is 1.75. The number of ether oxygens (including phenoxy) is 1. The molecule has 0 saturated heterocycles. The first kappa shape index (κ1) is 12.9. The van der Waals surface area contributed by atoms with Gasteiger partial charge in [-0.1, -0.05) is 24.3 Å². The van der Waals surface area contributed by atoms with Crippen LogP contribution < -0.4 is 5.73 Å². The zero-order chi connectivity index (χ0) is 12.8. The van der Waals surface area contributed by atoms with E-state index in [1.54, 1.807) is 0 Å². The zero-order valence-corrected chi connectivity index (χ0v) is 10.7. The van der Waals surface area contributed by atoms with Gasteiger partial charge in [0.1, 0.15) is 18.1 Å². The molecule has 0 aliphatic rings. The molecule has 1 aromatic carbocycles. The standard InChI is InChI=1S/C15H19NO2/c1-12-5-2-3-6-14(12)15-8-7-13(18-15)11-17-10-4-9-16/h2-3,5-8H,4,9-11,16H2,1H3. The monoisotopic (exact) mass is 245 g/mol. The normalized spacial score (nSPS) is 10.8. The SMILES string of the molecule is Cc1ccccc1-c1ccc(COCCCN)o1. The van der Waals surface area contributed by atoms with Crippen LogP contribution in [0.25, 0.3) is 11.3 Å². The third-order valence-electron chi connectivity index (χ3n) is 2.81. The summed E-state index contributed by atoms with van der Waals surface area (Å²) in [6.07, 6.45) is 0.880. The van der Waals surface area contributed by atoms with Crippen molar-refractivity contribution >= 4 is 0 Å². The molecule has 3 heteroatoms. The lowest BCUT2D eigenvalue weighted by atomic mass is 10.1. The molecule has 0 aliphatic heterocycles. The van der Waals surface area contributed by atoms with Crippen LogP contribution in [0.3, 0.4) is 0 Å². The Kier molecular flexibility index (Phi) is 4.56. The van der Waals surface area contributed by atoms with Crippen LogP contribution in [0.15, 0.2) is 40.8 Å². The minimum absolute atomic E-state index is 0.506. The van der Waals surface area contributed by atoms with Gasteiger partial charge in [-0.2, -0.15) is 0 Å². The molecule has 3 nitrogen and oxygen atoms in total. The fraction of sp³-hybridized carbons (Fsp3) is 0.333. The molecule has 0 saturated carbocycles. The van der Waals surface area contributed by atoms with Crippen molar-refractivity contribution in [1.29, 1.82) is 0 Å². The highest BCUT2D eigenvalue weighted by molar-refractivity contribution is 5.61. The summed E-state index contributed by atoms with van der Waals surface area (Å²) < 4.78 is 11.2. The maximum absolute atomic E-state index is 5.77. The van der Waals surface area contributed by atoms with Gasteiger partial charge in [-0.05, 0) is 37.6 Å². The van der Waals surface area contributed by atoms with Gasteiger partial charge in [-0.25, -0.2) is 0 Å². The summed E-state index contributed by atoms with van der Waals surface area (Å²) in [6, 6.07) is 12.1. The van der Waals surface area contributed by atoms with Crippen LogP contribution in [0.4, 0.5) is 0 Å². The highest BCUT2D eigenvalue weighted by Crippen LogP contribution is 2.25. The average molecular weight is 245 g/mol. The highest BCUT2D eigenvalue weighted by Gasteiger charge is 2.06. The van der Waals surface area contributed by atoms with Gasteiger partial charge in [-0.15, -0.1) is 0 Å². The minimum atomic E-state index is 0.506. The van der Waals surface area contributed by atoms with E-state index in [4.69, 9.17) is 14.9 Å². The van der Waals surface area contributed by atoms with E-state index in [0.717, 1.165) is 23.5 Å². The van der Waals surface area contributed by atoms with Crippen molar-refractivity contribution in [1.82, 2.24) is 0 Å². The zero-order valence-electron chi connectivity index (χ0n) is 10.7. The first-order chi connectivity index (χ1) is 8.81. The molecule has 1 aromatic heterocycles. The second kappa shape index (κ2) is 6.38. The summed E-state index contributed by atoms with van der Waals surface area (Å²) in [5.41, 5.74) is 7.74. The predicted octanol–water partition coefficient (Wildman–Crippen LogP) is 3.12. The van der Waals surface area contributed by atoms with Gasteiger partial charge in [-0.3, -0.25) is 0 Å². The lowest BCUT2D eigenvalue weighted by molar-refractivity contribution is 0.106. The molecule has 0 radical (unpaired) electrons. The van der Waals surface area contributed by atoms with Crippen molar-refractivity contribution in [2.45, 2.75) is 20.0 Å². The average Bonchev–Trinajstić information content (AvgIpc) is 2.84. The molecular weight excluding hydrogens is 226 g/mol. The molecule has 0 spiro atoms. The van der Waals surface area contributed by atoms with E-state index < -0.39 is 0 Å². The van der Waals surface area contributed by atoms with Crippen LogP contribution in [0.2, 0.25) is 0 Å². The van der Waals surface area contributed by atoms with Gasteiger partial charge in [0.2, 0.25) is 0 Å². The quantitative estimate of drug-likeness (QED) is 0.795. The van der Waals surface area contributed by atoms with Crippen molar-refractivity contribution in [2.24, 2.45) is 5.73 Å². The van der Waals surface area contributed by atoms with E-state index in [0.29, 0.717) is 19.8 Å². The Hall–Kier alpha value is -1.58. The van der Waals surface area contributed by atoms with E-state index in [9.17, 15) is 0 Å². The third kappa shape index (κ3) is 3.22. The summed E-state index contributed by atoms with van der Waals surface area (Å²) >= 11 is 0. The maximum atomic E-state index is 5.77. The molecule has 2 rings (SSSR count). The van der Waals surface area contributed by atoms with Crippen molar-refractivity contribution in [3.05, 3.63) is 47.7 Å². The Morgan fingerprint density at radius 2 is 2.00 bits per heavy atom. The highest BCUT2D eigenvalue weighted by atomic mass is 16.5. The van der Waals surface area contributed by atoms with Crippen LogP contribution in [0, 0.1) is 6.92 Å². The largest absolute Gasteiger partial charge is 0.459 e. The fourth-order valence-corrected chi connectivity index (χ4v) is 1.81. The number of hydrogen-bond acceptors (Lipinski definition) is 3. The van der Waals surface area contributed by atoms with Gasteiger partial charge in [0, 0.05) is 12.2 Å². The molecule has 0 fully saturated rings. The van der Waals surface area contributed by atoms with Gasteiger partial charge in [0.25, 0.3) is 0 Å². The van der Waals surface area contributed by atoms with E-state index in [-0.39, 0.29) is 0 Å². The Morgan fingerprint density at radius 1 is 1.17 bits per heavy atom. The lowest BCUT2D eigenvalue weighted by Gasteiger charge is -2.02. The van der Waals surface area contributed by atoms with Crippen LogP contribution in [-0.2, 0) is 11.3 Å².